The molecule has 0 aliphatic heterocycles. The molecule has 1 aromatic rings. The highest BCUT2D eigenvalue weighted by molar-refractivity contribution is 6.16. The third-order valence-electron chi connectivity index (χ3n) is 1.36. The van der Waals surface area contributed by atoms with Crippen LogP contribution in [-0.2, 0) is 19.1 Å². The van der Waals surface area contributed by atoms with Gasteiger partial charge < -0.3 is 0 Å². The lowest BCUT2D eigenvalue weighted by Gasteiger charge is -2.04. The van der Waals surface area contributed by atoms with E-state index >= 15 is 0 Å². The number of nitrogens with zero attached hydrogens (tertiary/aromatic N) is 2. The smallest absolute Gasteiger partial charge is 0.263 e. The molecule has 2 nitrogen and oxygen atoms in total. The van der Waals surface area contributed by atoms with E-state index in [0.717, 1.165) is 10.7 Å². The summed E-state index contributed by atoms with van der Waals surface area (Å²) in [6, 6.07) is 0.938. The Hall–Kier alpha value is -0.710. The van der Waals surface area contributed by atoms with Crippen LogP contribution in [0.25, 0.3) is 0 Å². The fourth-order valence-electron chi connectivity index (χ4n) is 0.857. The molecule has 0 saturated heterocycles. The molecule has 0 unspecified atom stereocenters. The second-order valence-corrected chi connectivity index (χ2v) is 2.54. The van der Waals surface area contributed by atoms with E-state index in [1.54, 1.807) is 0 Å². The molecule has 68 valence electrons. The average molecular weight is 199 g/mol. The molecule has 0 amide bonds. The summed E-state index contributed by atoms with van der Waals surface area (Å²) in [5.74, 6) is -0.01000. The quantitative estimate of drug-likeness (QED) is 0.633. The molecule has 1 heterocycles. The van der Waals surface area contributed by atoms with Gasteiger partial charge in [0.1, 0.15) is 5.69 Å². The Morgan fingerprint density at radius 2 is 2.17 bits per heavy atom. The van der Waals surface area contributed by atoms with Crippen LogP contribution in [0.1, 0.15) is 11.4 Å². The highest BCUT2D eigenvalue weighted by Crippen LogP contribution is 2.29. The van der Waals surface area contributed by atoms with Crippen molar-refractivity contribution < 1.29 is 13.2 Å². The lowest BCUT2D eigenvalue weighted by molar-refractivity contribution is -0.143. The zero-order chi connectivity index (χ0) is 9.35. The maximum atomic E-state index is 12.1. The van der Waals surface area contributed by atoms with Crippen LogP contribution in [0, 0.1) is 0 Å². The Bertz CT molecular complexity index is 279. The van der Waals surface area contributed by atoms with Crippen LogP contribution in [0.5, 0.6) is 0 Å². The van der Waals surface area contributed by atoms with E-state index in [-0.39, 0.29) is 11.6 Å². The number of halogens is 4. The molecular formula is C6H6ClF3N2. The summed E-state index contributed by atoms with van der Waals surface area (Å²) in [6.07, 6.45) is -4.36. The second-order valence-electron chi connectivity index (χ2n) is 2.28. The molecule has 0 fully saturated rings. The minimum atomic E-state index is -4.36. The molecule has 1 rings (SSSR count). The normalized spacial score (nSPS) is 12.1. The van der Waals surface area contributed by atoms with Crippen molar-refractivity contribution in [1.82, 2.24) is 9.78 Å². The number of hydrogen-bond donors (Lipinski definition) is 0. The van der Waals surface area contributed by atoms with E-state index in [9.17, 15) is 13.2 Å². The number of alkyl halides is 4. The molecule has 0 bridgehead atoms. The summed E-state index contributed by atoms with van der Waals surface area (Å²) >= 11 is 5.32. The third kappa shape index (κ3) is 1.72. The molecule has 0 aromatic carbocycles. The van der Waals surface area contributed by atoms with Crippen LogP contribution in [0.2, 0.25) is 0 Å². The molecule has 6 heteroatoms. The van der Waals surface area contributed by atoms with E-state index in [1.807, 2.05) is 0 Å². The van der Waals surface area contributed by atoms with Crippen molar-refractivity contribution in [3.05, 3.63) is 17.5 Å². The fraction of sp³-hybridized carbons (Fsp3) is 0.500. The van der Waals surface area contributed by atoms with E-state index in [2.05, 4.69) is 5.10 Å². The van der Waals surface area contributed by atoms with Gasteiger partial charge in [-0.25, -0.2) is 0 Å². The lowest BCUT2D eigenvalue weighted by Crippen LogP contribution is -2.11. The van der Waals surface area contributed by atoms with Gasteiger partial charge in [0.2, 0.25) is 0 Å². The zero-order valence-electron chi connectivity index (χ0n) is 6.19. The first kappa shape index (κ1) is 9.38. The summed E-state index contributed by atoms with van der Waals surface area (Å²) in [4.78, 5) is 0. The summed E-state index contributed by atoms with van der Waals surface area (Å²) in [6.45, 7) is 0. The van der Waals surface area contributed by atoms with Crippen molar-refractivity contribution in [3.8, 4) is 0 Å². The molecule has 0 atom stereocenters. The van der Waals surface area contributed by atoms with Crippen LogP contribution < -0.4 is 0 Å². The van der Waals surface area contributed by atoms with Crippen LogP contribution in [-0.4, -0.2) is 9.78 Å². The highest BCUT2D eigenvalue weighted by atomic mass is 35.5. The second kappa shape index (κ2) is 2.97. The van der Waals surface area contributed by atoms with Gasteiger partial charge in [-0.15, -0.1) is 11.6 Å². The van der Waals surface area contributed by atoms with Crippen molar-refractivity contribution in [2.75, 3.05) is 0 Å². The van der Waals surface area contributed by atoms with Crippen molar-refractivity contribution >= 4 is 11.6 Å². The Morgan fingerprint density at radius 1 is 1.58 bits per heavy atom. The van der Waals surface area contributed by atoms with E-state index < -0.39 is 11.9 Å². The Kier molecular flexibility index (Phi) is 2.32. The maximum Gasteiger partial charge on any atom is 0.433 e. The van der Waals surface area contributed by atoms with Gasteiger partial charge in [-0.3, -0.25) is 4.68 Å². The van der Waals surface area contributed by atoms with E-state index in [4.69, 9.17) is 11.6 Å². The van der Waals surface area contributed by atoms with Gasteiger partial charge >= 0.3 is 6.18 Å². The van der Waals surface area contributed by atoms with Crippen LogP contribution >= 0.6 is 11.6 Å². The Labute approximate surface area is 71.9 Å². The first-order valence-electron chi connectivity index (χ1n) is 3.11. The molecule has 0 aliphatic rings. The predicted molar refractivity (Wildman–Crippen MR) is 37.8 cm³/mol. The van der Waals surface area contributed by atoms with Gasteiger partial charge in [0, 0.05) is 7.05 Å². The summed E-state index contributed by atoms with van der Waals surface area (Å²) in [5, 5.41) is 3.56. The van der Waals surface area contributed by atoms with Crippen LogP contribution in [0.3, 0.4) is 0 Å². The summed E-state index contributed by atoms with van der Waals surface area (Å²) < 4.78 is 37.1. The minimum Gasteiger partial charge on any atom is -0.263 e. The van der Waals surface area contributed by atoms with Gasteiger partial charge in [0.05, 0.1) is 11.6 Å². The SMILES string of the molecule is Cn1nc(CCl)cc1C(F)(F)F. The standard InChI is InChI=1S/C6H6ClF3N2/c1-12-5(6(8,9)10)2-4(3-7)11-12/h2H,3H2,1H3. The van der Waals surface area contributed by atoms with Crippen molar-refractivity contribution in [2.24, 2.45) is 7.05 Å². The predicted octanol–water partition coefficient (Wildman–Crippen LogP) is 2.18. The Morgan fingerprint density at radius 3 is 2.42 bits per heavy atom. The maximum absolute atomic E-state index is 12.1. The first-order valence-corrected chi connectivity index (χ1v) is 3.64. The van der Waals surface area contributed by atoms with Gasteiger partial charge in [0.15, 0.2) is 0 Å². The third-order valence-corrected chi connectivity index (χ3v) is 1.63. The number of aryl methyl sites for hydroxylation is 1. The molecule has 0 aliphatic carbocycles. The first-order chi connectivity index (χ1) is 5.45. The van der Waals surface area contributed by atoms with Crippen molar-refractivity contribution in [3.63, 3.8) is 0 Å². The van der Waals surface area contributed by atoms with Crippen LogP contribution in [0.15, 0.2) is 6.07 Å². The van der Waals surface area contributed by atoms with Gasteiger partial charge in [-0.1, -0.05) is 0 Å². The fourth-order valence-corrected chi connectivity index (χ4v) is 0.988. The summed E-state index contributed by atoms with van der Waals surface area (Å²) in [5.41, 5.74) is -0.551. The largest absolute Gasteiger partial charge is 0.433 e. The number of rotatable bonds is 1. The van der Waals surface area contributed by atoms with Gasteiger partial charge in [0.25, 0.3) is 0 Å². The topological polar surface area (TPSA) is 17.8 Å². The minimum absolute atomic E-state index is 0.01000. The Balaban J connectivity index is 3.08. The van der Waals surface area contributed by atoms with Crippen LogP contribution in [0.4, 0.5) is 13.2 Å². The van der Waals surface area contributed by atoms with E-state index in [0.29, 0.717) is 0 Å². The molecular weight excluding hydrogens is 193 g/mol. The van der Waals surface area contributed by atoms with Gasteiger partial charge in [-0.2, -0.15) is 18.3 Å². The number of aromatic nitrogens is 2. The monoisotopic (exact) mass is 198 g/mol. The van der Waals surface area contributed by atoms with E-state index in [1.165, 1.54) is 7.05 Å². The number of hydrogen-bond acceptors (Lipinski definition) is 1. The van der Waals surface area contributed by atoms with Crippen molar-refractivity contribution in [2.45, 2.75) is 12.1 Å². The average Bonchev–Trinajstić information content (AvgIpc) is 2.29. The molecule has 0 spiro atoms. The molecule has 0 radical (unpaired) electrons. The molecule has 0 saturated carbocycles. The lowest BCUT2D eigenvalue weighted by atomic mass is 10.3. The van der Waals surface area contributed by atoms with Gasteiger partial charge in [-0.05, 0) is 6.07 Å². The molecule has 0 N–H and O–H groups in total. The summed E-state index contributed by atoms with van der Waals surface area (Å²) in [7, 11) is 1.23. The molecule has 12 heavy (non-hydrogen) atoms. The highest BCUT2D eigenvalue weighted by Gasteiger charge is 2.34. The zero-order valence-corrected chi connectivity index (χ0v) is 6.95. The molecule has 1 aromatic heterocycles. The van der Waals surface area contributed by atoms with Crippen molar-refractivity contribution in [1.29, 1.82) is 0 Å².